The molecule has 60 heavy (non-hydrogen) atoms. The molecule has 0 amide bonds. The molecule has 1 aliphatic heterocycles. The van der Waals surface area contributed by atoms with Crippen molar-refractivity contribution < 1.29 is 56.8 Å². The molecule has 0 aromatic rings. The predicted molar refractivity (Wildman–Crippen MR) is 238 cm³/mol. The number of allylic oxidation sites excluding steroid dienone is 8. The number of hydrogen-bond donors (Lipinski definition) is 4. The maximum atomic E-state index is 12.8. The van der Waals surface area contributed by atoms with Crippen molar-refractivity contribution in [2.75, 3.05) is 19.0 Å². The van der Waals surface area contributed by atoms with Gasteiger partial charge in [-0.2, -0.15) is 8.42 Å². The number of carbonyl (C=O) groups excluding carboxylic acids is 2. The third kappa shape index (κ3) is 31.5. The van der Waals surface area contributed by atoms with Gasteiger partial charge in [-0.15, -0.1) is 0 Å². The summed E-state index contributed by atoms with van der Waals surface area (Å²) in [6.45, 7) is 3.69. The summed E-state index contributed by atoms with van der Waals surface area (Å²) >= 11 is 0. The van der Waals surface area contributed by atoms with Crippen LogP contribution in [0.1, 0.15) is 181 Å². The van der Waals surface area contributed by atoms with Gasteiger partial charge >= 0.3 is 11.9 Å². The second-order valence-corrected chi connectivity index (χ2v) is 17.6. The van der Waals surface area contributed by atoms with E-state index >= 15 is 0 Å². The van der Waals surface area contributed by atoms with Crippen LogP contribution in [-0.2, 0) is 38.7 Å². The third-order valence-electron chi connectivity index (χ3n) is 10.4. The Balaban J connectivity index is 2.45. The first-order valence-corrected chi connectivity index (χ1v) is 24.8. The summed E-state index contributed by atoms with van der Waals surface area (Å²) in [4.78, 5) is 25.4. The lowest BCUT2D eigenvalue weighted by molar-refractivity contribution is -0.297. The molecular weight excluding hydrogens is 789 g/mol. The van der Waals surface area contributed by atoms with E-state index in [0.717, 1.165) is 83.5 Å². The van der Waals surface area contributed by atoms with Crippen LogP contribution in [0.25, 0.3) is 0 Å². The maximum Gasteiger partial charge on any atom is 0.306 e. The fourth-order valence-electron chi connectivity index (χ4n) is 6.74. The van der Waals surface area contributed by atoms with Crippen molar-refractivity contribution in [3.63, 3.8) is 0 Å². The molecule has 0 aliphatic carbocycles. The third-order valence-corrected chi connectivity index (χ3v) is 11.1. The lowest BCUT2D eigenvalue weighted by Gasteiger charge is -2.40. The number of esters is 2. The highest BCUT2D eigenvalue weighted by Gasteiger charge is 2.46. The number of carbonyl (C=O) groups is 2. The van der Waals surface area contributed by atoms with Crippen molar-refractivity contribution in [3.05, 3.63) is 48.6 Å². The normalized spacial score (nSPS) is 20.5. The Morgan fingerprint density at radius 1 is 0.567 bits per heavy atom. The van der Waals surface area contributed by atoms with E-state index in [-0.39, 0.29) is 19.4 Å². The van der Waals surface area contributed by atoms with Crippen LogP contribution in [0.4, 0.5) is 0 Å². The first-order chi connectivity index (χ1) is 29.0. The Morgan fingerprint density at radius 2 is 1.00 bits per heavy atom. The van der Waals surface area contributed by atoms with Crippen LogP contribution in [-0.4, -0.2) is 96.0 Å². The lowest BCUT2D eigenvalue weighted by Crippen LogP contribution is -2.60. The second-order valence-electron chi connectivity index (χ2n) is 16.1. The van der Waals surface area contributed by atoms with Gasteiger partial charge in [0.25, 0.3) is 10.1 Å². The van der Waals surface area contributed by atoms with Gasteiger partial charge in [-0.3, -0.25) is 14.1 Å². The van der Waals surface area contributed by atoms with Crippen LogP contribution < -0.4 is 0 Å². The molecule has 0 aromatic carbocycles. The average Bonchev–Trinajstić information content (AvgIpc) is 3.21. The zero-order valence-corrected chi connectivity index (χ0v) is 37.9. The van der Waals surface area contributed by atoms with Crippen molar-refractivity contribution in [2.24, 2.45) is 0 Å². The molecule has 4 N–H and O–H groups in total. The minimum Gasteiger partial charge on any atom is -0.462 e. The highest BCUT2D eigenvalue weighted by atomic mass is 32.2. The van der Waals surface area contributed by atoms with Crippen LogP contribution in [0.2, 0.25) is 0 Å². The van der Waals surface area contributed by atoms with Crippen LogP contribution in [0.3, 0.4) is 0 Å². The highest BCUT2D eigenvalue weighted by Crippen LogP contribution is 2.24. The summed E-state index contributed by atoms with van der Waals surface area (Å²) < 4.78 is 54.1. The maximum absolute atomic E-state index is 12.8. The molecule has 1 saturated heterocycles. The summed E-state index contributed by atoms with van der Waals surface area (Å²) in [6, 6.07) is 0. The summed E-state index contributed by atoms with van der Waals surface area (Å²) in [5.41, 5.74) is 0. The van der Waals surface area contributed by atoms with E-state index < -0.39 is 71.2 Å². The molecule has 1 aliphatic rings. The Morgan fingerprint density at radius 3 is 1.47 bits per heavy atom. The van der Waals surface area contributed by atoms with Gasteiger partial charge < -0.3 is 34.3 Å². The van der Waals surface area contributed by atoms with E-state index in [9.17, 15) is 37.9 Å². The SMILES string of the molecule is CCCCC/C=C/C/C=C/CCCCCCCCCC(=O)OC[C@H](CO[C@H]1O[C@H](CS(=O)(=O)O)[C@@H](O)C(O)C1O)OC(=O)CCCCCCC/C=C/C/C=C/CCCCC. The zero-order valence-electron chi connectivity index (χ0n) is 37.1. The molecule has 1 heterocycles. The number of aliphatic hydroxyl groups is 3. The number of rotatable bonds is 38. The molecule has 0 radical (unpaired) electrons. The zero-order chi connectivity index (χ0) is 44.1. The molecule has 348 valence electrons. The van der Waals surface area contributed by atoms with E-state index in [1.165, 1.54) is 57.8 Å². The van der Waals surface area contributed by atoms with Crippen molar-refractivity contribution in [1.82, 2.24) is 0 Å². The van der Waals surface area contributed by atoms with Gasteiger partial charge in [0.05, 0.1) is 6.61 Å². The number of unbranched alkanes of at least 4 members (excludes halogenated alkanes) is 18. The van der Waals surface area contributed by atoms with Crippen LogP contribution in [0.15, 0.2) is 48.6 Å². The van der Waals surface area contributed by atoms with E-state index in [1.54, 1.807) is 0 Å². The fraction of sp³-hybridized carbons (Fsp3) is 0.787. The van der Waals surface area contributed by atoms with Gasteiger partial charge in [-0.05, 0) is 77.0 Å². The van der Waals surface area contributed by atoms with E-state index in [0.29, 0.717) is 12.8 Å². The first kappa shape index (κ1) is 55.6. The van der Waals surface area contributed by atoms with Crippen LogP contribution in [0, 0.1) is 0 Å². The fourth-order valence-corrected chi connectivity index (χ4v) is 7.43. The molecule has 1 rings (SSSR count). The smallest absolute Gasteiger partial charge is 0.306 e. The van der Waals surface area contributed by atoms with Gasteiger partial charge in [0, 0.05) is 12.8 Å². The van der Waals surface area contributed by atoms with E-state index in [4.69, 9.17) is 18.9 Å². The molecule has 2 unspecified atom stereocenters. The average molecular weight is 871 g/mol. The van der Waals surface area contributed by atoms with Gasteiger partial charge in [-0.25, -0.2) is 0 Å². The Kier molecular flexibility index (Phi) is 34.5. The number of ether oxygens (including phenoxy) is 4. The summed E-state index contributed by atoms with van der Waals surface area (Å²) in [6.07, 6.45) is 34.3. The summed E-state index contributed by atoms with van der Waals surface area (Å²) in [5.74, 6) is -2.01. The van der Waals surface area contributed by atoms with Gasteiger partial charge in [-0.1, -0.05) is 140 Å². The molecule has 0 saturated carbocycles. The molecule has 12 nitrogen and oxygen atoms in total. The summed E-state index contributed by atoms with van der Waals surface area (Å²) in [7, 11) is -4.61. The van der Waals surface area contributed by atoms with Gasteiger partial charge in [0.15, 0.2) is 12.4 Å². The van der Waals surface area contributed by atoms with Crippen LogP contribution in [0.5, 0.6) is 0 Å². The number of aliphatic hydroxyl groups excluding tert-OH is 3. The monoisotopic (exact) mass is 871 g/mol. The standard InChI is InChI=1S/C47H82O12S/c1-3-5-7-9-11-13-15-17-19-20-22-23-25-27-29-31-33-35-42(48)56-37-40(38-57-47-46(52)45(51)44(50)41(59-47)39-60(53,54)55)58-43(49)36-34-32-30-28-26-24-21-18-16-14-12-10-8-6-4-2/h11-14,17-19,21,40-41,44-47,50-52H,3-10,15-16,20,22-39H2,1-2H3,(H,53,54,55)/b13-11+,14-12+,19-17+,21-18+/t40-,41-,44-,45?,46?,47+/m1/s1. The van der Waals surface area contributed by atoms with Gasteiger partial charge in [0.2, 0.25) is 0 Å². The second kappa shape index (κ2) is 37.2. The highest BCUT2D eigenvalue weighted by molar-refractivity contribution is 7.85. The molecule has 0 bridgehead atoms. The molecule has 0 aromatic heterocycles. The quantitative estimate of drug-likeness (QED) is 0.0200. The molecule has 0 spiro atoms. The topological polar surface area (TPSA) is 186 Å². The molecule has 6 atom stereocenters. The van der Waals surface area contributed by atoms with Crippen molar-refractivity contribution in [2.45, 2.75) is 218 Å². The minimum atomic E-state index is -4.61. The molecule has 1 fully saturated rings. The lowest BCUT2D eigenvalue weighted by atomic mass is 10.00. The molecule has 13 heteroatoms. The largest absolute Gasteiger partial charge is 0.462 e. The Bertz CT molecular complexity index is 1300. The molecular formula is C47H82O12S. The van der Waals surface area contributed by atoms with E-state index in [1.807, 2.05) is 0 Å². The Hall–Kier alpha value is -2.39. The summed E-state index contributed by atoms with van der Waals surface area (Å²) in [5, 5.41) is 30.9. The number of hydrogen-bond acceptors (Lipinski definition) is 11. The van der Waals surface area contributed by atoms with Crippen molar-refractivity contribution in [3.8, 4) is 0 Å². The van der Waals surface area contributed by atoms with E-state index in [2.05, 4.69) is 62.5 Å². The predicted octanol–water partition coefficient (Wildman–Crippen LogP) is 9.56. The van der Waals surface area contributed by atoms with Gasteiger partial charge in [0.1, 0.15) is 36.8 Å². The Labute approximate surface area is 363 Å². The minimum absolute atomic E-state index is 0.145. The van der Waals surface area contributed by atoms with Crippen molar-refractivity contribution in [1.29, 1.82) is 0 Å². The van der Waals surface area contributed by atoms with Crippen molar-refractivity contribution >= 4 is 22.1 Å². The van der Waals surface area contributed by atoms with Crippen LogP contribution >= 0.6 is 0 Å². The first-order valence-electron chi connectivity index (χ1n) is 23.2.